The molecule has 2 heteroatoms. The van der Waals surface area contributed by atoms with Gasteiger partial charge in [-0.05, 0) is 43.4 Å². The molecule has 15 heavy (non-hydrogen) atoms. The highest BCUT2D eigenvalue weighted by molar-refractivity contribution is 5.75. The molecule has 0 saturated heterocycles. The van der Waals surface area contributed by atoms with Crippen molar-refractivity contribution < 1.29 is 9.18 Å². The molecule has 0 heterocycles. The molecule has 0 bridgehead atoms. The summed E-state index contributed by atoms with van der Waals surface area (Å²) in [7, 11) is 0. The van der Waals surface area contributed by atoms with Crippen molar-refractivity contribution in [1.82, 2.24) is 0 Å². The number of benzene rings is 1. The zero-order chi connectivity index (χ0) is 11.4. The second-order valence-corrected chi connectivity index (χ2v) is 4.30. The van der Waals surface area contributed by atoms with E-state index in [1.54, 1.807) is 19.9 Å². The summed E-state index contributed by atoms with van der Waals surface area (Å²) in [6.07, 6.45) is 1.43. The van der Waals surface area contributed by atoms with Crippen LogP contribution < -0.4 is 0 Å². The van der Waals surface area contributed by atoms with E-state index in [-0.39, 0.29) is 11.6 Å². The third-order valence-electron chi connectivity index (χ3n) is 2.44. The van der Waals surface area contributed by atoms with Crippen LogP contribution in [0.4, 0.5) is 4.39 Å². The van der Waals surface area contributed by atoms with Gasteiger partial charge in [-0.15, -0.1) is 0 Å². The lowest BCUT2D eigenvalue weighted by Gasteiger charge is -2.10. The smallest absolute Gasteiger partial charge is 0.130 e. The minimum Gasteiger partial charge on any atom is -0.300 e. The highest BCUT2D eigenvalue weighted by Crippen LogP contribution is 2.15. The van der Waals surface area contributed by atoms with Gasteiger partial charge in [-0.1, -0.05) is 19.1 Å². The Bertz CT molecular complexity index is 358. The molecule has 1 aromatic rings. The van der Waals surface area contributed by atoms with Crippen LogP contribution >= 0.6 is 0 Å². The lowest BCUT2D eigenvalue weighted by Crippen LogP contribution is -2.05. The summed E-state index contributed by atoms with van der Waals surface area (Å²) in [5.41, 5.74) is 1.77. The zero-order valence-corrected chi connectivity index (χ0v) is 9.51. The number of aryl methyl sites for hydroxylation is 1. The molecule has 0 aliphatic heterocycles. The van der Waals surface area contributed by atoms with Crippen molar-refractivity contribution in [2.75, 3.05) is 0 Å². The van der Waals surface area contributed by atoms with Gasteiger partial charge in [-0.2, -0.15) is 0 Å². The van der Waals surface area contributed by atoms with Crippen LogP contribution in [0.3, 0.4) is 0 Å². The predicted molar refractivity (Wildman–Crippen MR) is 59.3 cm³/mol. The standard InChI is InChI=1S/C13H17FO/c1-9(6-11(3)15)7-12-4-5-13(14)10(2)8-12/h4-5,8-9H,6-7H2,1-3H3. The number of ketones is 1. The Morgan fingerprint density at radius 3 is 2.67 bits per heavy atom. The molecule has 0 spiro atoms. The Kier molecular flexibility index (Phi) is 4.01. The Morgan fingerprint density at radius 2 is 2.13 bits per heavy atom. The van der Waals surface area contributed by atoms with Crippen molar-refractivity contribution in [2.45, 2.75) is 33.6 Å². The third-order valence-corrected chi connectivity index (χ3v) is 2.44. The SMILES string of the molecule is CC(=O)CC(C)Cc1ccc(F)c(C)c1. The van der Waals surface area contributed by atoms with E-state index in [2.05, 4.69) is 0 Å². The molecule has 0 amide bonds. The van der Waals surface area contributed by atoms with Gasteiger partial charge in [-0.25, -0.2) is 4.39 Å². The lowest BCUT2D eigenvalue weighted by atomic mass is 9.95. The van der Waals surface area contributed by atoms with Gasteiger partial charge in [0.25, 0.3) is 0 Å². The monoisotopic (exact) mass is 208 g/mol. The van der Waals surface area contributed by atoms with Gasteiger partial charge in [0.1, 0.15) is 11.6 Å². The summed E-state index contributed by atoms with van der Waals surface area (Å²) in [4.78, 5) is 10.9. The van der Waals surface area contributed by atoms with Gasteiger partial charge < -0.3 is 4.79 Å². The summed E-state index contributed by atoms with van der Waals surface area (Å²) < 4.78 is 13.0. The van der Waals surface area contributed by atoms with E-state index in [9.17, 15) is 9.18 Å². The fourth-order valence-corrected chi connectivity index (χ4v) is 1.80. The van der Waals surface area contributed by atoms with Crippen LogP contribution in [0.1, 0.15) is 31.4 Å². The fourth-order valence-electron chi connectivity index (χ4n) is 1.80. The van der Waals surface area contributed by atoms with Crippen molar-refractivity contribution in [3.63, 3.8) is 0 Å². The molecule has 1 nitrogen and oxygen atoms in total. The molecule has 0 aliphatic carbocycles. The maximum atomic E-state index is 13.0. The van der Waals surface area contributed by atoms with Crippen molar-refractivity contribution in [3.05, 3.63) is 35.1 Å². The third kappa shape index (κ3) is 3.82. The van der Waals surface area contributed by atoms with Crippen LogP contribution in [0.5, 0.6) is 0 Å². The number of rotatable bonds is 4. The number of hydrogen-bond acceptors (Lipinski definition) is 1. The molecule has 0 fully saturated rings. The van der Waals surface area contributed by atoms with E-state index in [1.165, 1.54) is 6.07 Å². The van der Waals surface area contributed by atoms with Crippen molar-refractivity contribution in [2.24, 2.45) is 5.92 Å². The Labute approximate surface area is 90.3 Å². The van der Waals surface area contributed by atoms with E-state index in [4.69, 9.17) is 0 Å². The van der Waals surface area contributed by atoms with E-state index < -0.39 is 0 Å². The molecular weight excluding hydrogens is 191 g/mol. The molecule has 1 unspecified atom stereocenters. The second kappa shape index (κ2) is 5.06. The maximum Gasteiger partial charge on any atom is 0.130 e. The van der Waals surface area contributed by atoms with Crippen LogP contribution in [0.15, 0.2) is 18.2 Å². The number of halogens is 1. The summed E-state index contributed by atoms with van der Waals surface area (Å²) in [5.74, 6) is 0.367. The highest BCUT2D eigenvalue weighted by Gasteiger charge is 2.07. The molecule has 0 saturated carbocycles. The lowest BCUT2D eigenvalue weighted by molar-refractivity contribution is -0.117. The average Bonchev–Trinajstić information content (AvgIpc) is 2.10. The molecule has 1 rings (SSSR count). The number of hydrogen-bond donors (Lipinski definition) is 0. The molecular formula is C13H17FO. The first kappa shape index (κ1) is 11.9. The number of carbonyl (C=O) groups is 1. The van der Waals surface area contributed by atoms with E-state index in [0.29, 0.717) is 17.9 Å². The number of carbonyl (C=O) groups excluding carboxylic acids is 1. The summed E-state index contributed by atoms with van der Waals surface area (Å²) in [6, 6.07) is 5.14. The van der Waals surface area contributed by atoms with Crippen LogP contribution in [-0.2, 0) is 11.2 Å². The van der Waals surface area contributed by atoms with Crippen LogP contribution in [0, 0.1) is 18.7 Å². The minimum atomic E-state index is -0.169. The van der Waals surface area contributed by atoms with Crippen LogP contribution in [-0.4, -0.2) is 5.78 Å². The maximum absolute atomic E-state index is 13.0. The topological polar surface area (TPSA) is 17.1 Å². The second-order valence-electron chi connectivity index (χ2n) is 4.30. The summed E-state index contributed by atoms with van der Waals surface area (Å²) in [5, 5.41) is 0. The van der Waals surface area contributed by atoms with E-state index in [0.717, 1.165) is 12.0 Å². The van der Waals surface area contributed by atoms with Gasteiger partial charge in [0.2, 0.25) is 0 Å². The van der Waals surface area contributed by atoms with Gasteiger partial charge in [0.15, 0.2) is 0 Å². The van der Waals surface area contributed by atoms with Gasteiger partial charge in [-0.3, -0.25) is 0 Å². The first-order valence-electron chi connectivity index (χ1n) is 5.23. The first-order valence-corrected chi connectivity index (χ1v) is 5.23. The molecule has 1 aromatic carbocycles. The van der Waals surface area contributed by atoms with Crippen molar-refractivity contribution in [3.8, 4) is 0 Å². The minimum absolute atomic E-state index is 0.169. The highest BCUT2D eigenvalue weighted by atomic mass is 19.1. The first-order chi connectivity index (χ1) is 6.99. The summed E-state index contributed by atoms with van der Waals surface area (Å²) in [6.45, 7) is 5.40. The Balaban J connectivity index is 2.64. The van der Waals surface area contributed by atoms with Crippen molar-refractivity contribution >= 4 is 5.78 Å². The average molecular weight is 208 g/mol. The normalized spacial score (nSPS) is 12.5. The van der Waals surface area contributed by atoms with Gasteiger partial charge in [0, 0.05) is 6.42 Å². The largest absolute Gasteiger partial charge is 0.300 e. The number of Topliss-reactive ketones (excluding diaryl/α,β-unsaturated/α-hetero) is 1. The van der Waals surface area contributed by atoms with Crippen LogP contribution in [0.2, 0.25) is 0 Å². The Hall–Kier alpha value is -1.18. The molecule has 0 aromatic heterocycles. The van der Waals surface area contributed by atoms with Gasteiger partial charge in [0.05, 0.1) is 0 Å². The Morgan fingerprint density at radius 1 is 1.47 bits per heavy atom. The van der Waals surface area contributed by atoms with E-state index in [1.807, 2.05) is 13.0 Å². The quantitative estimate of drug-likeness (QED) is 0.742. The van der Waals surface area contributed by atoms with Gasteiger partial charge >= 0.3 is 0 Å². The molecule has 0 aliphatic rings. The fraction of sp³-hybridized carbons (Fsp3) is 0.462. The molecule has 0 radical (unpaired) electrons. The van der Waals surface area contributed by atoms with Crippen molar-refractivity contribution in [1.29, 1.82) is 0 Å². The molecule has 0 N–H and O–H groups in total. The zero-order valence-electron chi connectivity index (χ0n) is 9.51. The van der Waals surface area contributed by atoms with Crippen LogP contribution in [0.25, 0.3) is 0 Å². The molecule has 1 atom stereocenters. The molecule has 82 valence electrons. The predicted octanol–water partition coefficient (Wildman–Crippen LogP) is 3.29. The summed E-state index contributed by atoms with van der Waals surface area (Å²) >= 11 is 0. The van der Waals surface area contributed by atoms with E-state index >= 15 is 0 Å².